The van der Waals surface area contributed by atoms with Gasteiger partial charge in [-0.3, -0.25) is 14.5 Å². The maximum Gasteiger partial charge on any atom is 0.259 e. The molecular formula is C22H28N2O3S. The second-order valence-corrected chi connectivity index (χ2v) is 9.79. The Morgan fingerprint density at radius 2 is 1.75 bits per heavy atom. The molecule has 2 saturated heterocycles. The normalized spacial score (nSPS) is 28.5. The number of piperidine rings is 1. The van der Waals surface area contributed by atoms with Gasteiger partial charge in [0.25, 0.3) is 5.91 Å². The van der Waals surface area contributed by atoms with Crippen molar-refractivity contribution < 1.29 is 14.3 Å². The Balaban J connectivity index is 1.26. The van der Waals surface area contributed by atoms with E-state index in [1.807, 2.05) is 29.2 Å². The molecule has 1 unspecified atom stereocenters. The van der Waals surface area contributed by atoms with Gasteiger partial charge in [0.15, 0.2) is 4.87 Å². The highest BCUT2D eigenvalue weighted by atomic mass is 32.2. The molecule has 28 heavy (non-hydrogen) atoms. The third-order valence-corrected chi connectivity index (χ3v) is 8.14. The number of hydrogen-bond donors (Lipinski definition) is 0. The van der Waals surface area contributed by atoms with Crippen molar-refractivity contribution in [3.8, 4) is 0 Å². The number of benzene rings is 1. The lowest BCUT2D eigenvalue weighted by atomic mass is 9.97. The molecule has 1 saturated carbocycles. The maximum atomic E-state index is 13.6. The number of amides is 2. The predicted octanol–water partition coefficient (Wildman–Crippen LogP) is 3.96. The molecule has 6 heteroatoms. The van der Waals surface area contributed by atoms with Crippen molar-refractivity contribution in [2.75, 3.05) is 18.0 Å². The van der Waals surface area contributed by atoms with Gasteiger partial charge in [-0.1, -0.05) is 43.2 Å². The Morgan fingerprint density at radius 3 is 2.54 bits per heavy atom. The van der Waals surface area contributed by atoms with Crippen LogP contribution in [0, 0.1) is 0 Å². The van der Waals surface area contributed by atoms with Crippen LogP contribution >= 0.6 is 11.8 Å². The Kier molecular flexibility index (Phi) is 4.87. The first-order valence-corrected chi connectivity index (χ1v) is 11.5. The monoisotopic (exact) mass is 400 g/mol. The molecule has 0 spiro atoms. The van der Waals surface area contributed by atoms with E-state index in [-0.39, 0.29) is 17.9 Å². The molecule has 5 nitrogen and oxygen atoms in total. The third-order valence-electron chi connectivity index (χ3n) is 6.67. The zero-order chi connectivity index (χ0) is 19.1. The van der Waals surface area contributed by atoms with Gasteiger partial charge in [-0.15, -0.1) is 0 Å². The van der Waals surface area contributed by atoms with E-state index in [1.165, 1.54) is 32.1 Å². The van der Waals surface area contributed by atoms with Gasteiger partial charge in [0, 0.05) is 24.4 Å². The topological polar surface area (TPSA) is 49.9 Å². The average Bonchev–Trinajstić information content (AvgIpc) is 3.24. The van der Waals surface area contributed by atoms with E-state index in [9.17, 15) is 9.59 Å². The fourth-order valence-corrected chi connectivity index (χ4v) is 6.69. The summed E-state index contributed by atoms with van der Waals surface area (Å²) in [6, 6.07) is 7.90. The number of carbonyl (C=O) groups is 2. The van der Waals surface area contributed by atoms with Gasteiger partial charge in [-0.05, 0) is 44.2 Å². The van der Waals surface area contributed by atoms with E-state index in [0.29, 0.717) is 18.9 Å². The highest BCUT2D eigenvalue weighted by Gasteiger charge is 2.58. The van der Waals surface area contributed by atoms with Gasteiger partial charge in [0.2, 0.25) is 5.91 Å². The first-order valence-electron chi connectivity index (χ1n) is 10.7. The van der Waals surface area contributed by atoms with Gasteiger partial charge in [-0.25, -0.2) is 0 Å². The first-order chi connectivity index (χ1) is 13.7. The van der Waals surface area contributed by atoms with Crippen molar-refractivity contribution >= 4 is 29.3 Å². The largest absolute Gasteiger partial charge is 0.375 e. The molecule has 4 aliphatic rings. The van der Waals surface area contributed by atoms with Crippen LogP contribution in [0.2, 0.25) is 0 Å². The average molecular weight is 401 g/mol. The quantitative estimate of drug-likeness (QED) is 0.771. The zero-order valence-corrected chi connectivity index (χ0v) is 17.1. The number of anilines is 1. The summed E-state index contributed by atoms with van der Waals surface area (Å²) in [6.45, 7) is 1.47. The standard InChI is InChI=1S/C22H28N2O3S/c25-20-10-13-22(24(20)18-8-4-5-9-19(18)28-22)21(26)23-14-11-17(12-15-23)27-16-6-2-1-3-7-16/h4-5,8-9,16-17H,1-3,6-7,10-15H2. The lowest BCUT2D eigenvalue weighted by Crippen LogP contribution is -2.56. The third kappa shape index (κ3) is 3.05. The molecule has 5 rings (SSSR count). The minimum Gasteiger partial charge on any atom is -0.375 e. The molecule has 3 heterocycles. The highest BCUT2D eigenvalue weighted by molar-refractivity contribution is 8.02. The van der Waals surface area contributed by atoms with Crippen molar-refractivity contribution in [2.24, 2.45) is 0 Å². The molecule has 0 bridgehead atoms. The van der Waals surface area contributed by atoms with Gasteiger partial charge in [0.05, 0.1) is 17.9 Å². The van der Waals surface area contributed by atoms with Crippen molar-refractivity contribution in [1.29, 1.82) is 0 Å². The summed E-state index contributed by atoms with van der Waals surface area (Å²) in [4.78, 5) is 30.2. The van der Waals surface area contributed by atoms with Crippen LogP contribution in [0.4, 0.5) is 5.69 Å². The Hall–Kier alpha value is -1.53. The molecule has 1 aromatic carbocycles. The second kappa shape index (κ2) is 7.38. The SMILES string of the molecule is O=C1CCC2(C(=O)N3CCC(OC4CCCCC4)CC3)Sc3ccccc3N12. The number of thioether (sulfide) groups is 1. The fraction of sp³-hybridized carbons (Fsp3) is 0.636. The van der Waals surface area contributed by atoms with Crippen LogP contribution in [0.3, 0.4) is 0 Å². The van der Waals surface area contributed by atoms with E-state index < -0.39 is 4.87 Å². The van der Waals surface area contributed by atoms with Gasteiger partial charge >= 0.3 is 0 Å². The summed E-state index contributed by atoms with van der Waals surface area (Å²) in [7, 11) is 0. The molecule has 0 radical (unpaired) electrons. The van der Waals surface area contributed by atoms with Crippen molar-refractivity contribution in [1.82, 2.24) is 4.90 Å². The molecule has 1 aromatic rings. The molecule has 1 atom stereocenters. The maximum absolute atomic E-state index is 13.6. The minimum absolute atomic E-state index is 0.0707. The molecule has 3 fully saturated rings. The summed E-state index contributed by atoms with van der Waals surface area (Å²) in [6.07, 6.45) is 9.84. The number of rotatable bonds is 3. The summed E-state index contributed by atoms with van der Waals surface area (Å²) in [5.41, 5.74) is 0.902. The van der Waals surface area contributed by atoms with Crippen molar-refractivity contribution in [2.45, 2.75) is 79.8 Å². The summed E-state index contributed by atoms with van der Waals surface area (Å²) in [5, 5.41) is 0. The fourth-order valence-electron chi connectivity index (χ4n) is 5.20. The highest BCUT2D eigenvalue weighted by Crippen LogP contribution is 2.56. The van der Waals surface area contributed by atoms with Crippen LogP contribution in [-0.2, 0) is 14.3 Å². The lowest BCUT2D eigenvalue weighted by Gasteiger charge is -2.39. The molecular weight excluding hydrogens is 372 g/mol. The molecule has 2 amide bonds. The van der Waals surface area contributed by atoms with Crippen molar-refractivity contribution in [3.63, 3.8) is 0 Å². The number of carbonyl (C=O) groups excluding carboxylic acids is 2. The van der Waals surface area contributed by atoms with Crippen LogP contribution in [-0.4, -0.2) is 46.9 Å². The van der Waals surface area contributed by atoms with Crippen LogP contribution < -0.4 is 4.90 Å². The summed E-state index contributed by atoms with van der Waals surface area (Å²) >= 11 is 1.57. The minimum atomic E-state index is -0.766. The Labute approximate surface area is 170 Å². The van der Waals surface area contributed by atoms with E-state index >= 15 is 0 Å². The molecule has 150 valence electrons. The Morgan fingerprint density at radius 1 is 1.04 bits per heavy atom. The van der Waals surface area contributed by atoms with Crippen LogP contribution in [0.25, 0.3) is 0 Å². The van der Waals surface area contributed by atoms with Gasteiger partial charge < -0.3 is 9.64 Å². The Bertz CT molecular complexity index is 771. The van der Waals surface area contributed by atoms with E-state index in [2.05, 4.69) is 0 Å². The number of likely N-dealkylation sites (tertiary alicyclic amines) is 1. The van der Waals surface area contributed by atoms with Crippen LogP contribution in [0.1, 0.15) is 57.8 Å². The smallest absolute Gasteiger partial charge is 0.259 e. The molecule has 1 aliphatic carbocycles. The van der Waals surface area contributed by atoms with Gasteiger partial charge in [-0.2, -0.15) is 0 Å². The van der Waals surface area contributed by atoms with E-state index in [1.54, 1.807) is 16.7 Å². The summed E-state index contributed by atoms with van der Waals surface area (Å²) in [5.74, 6) is 0.178. The lowest BCUT2D eigenvalue weighted by molar-refractivity contribution is -0.137. The zero-order valence-electron chi connectivity index (χ0n) is 16.3. The number of fused-ring (bicyclic) bond motifs is 3. The van der Waals surface area contributed by atoms with Gasteiger partial charge in [0.1, 0.15) is 0 Å². The molecule has 0 aromatic heterocycles. The second-order valence-electron chi connectivity index (χ2n) is 8.47. The number of ether oxygens (including phenoxy) is 1. The van der Waals surface area contributed by atoms with Crippen LogP contribution in [0.15, 0.2) is 29.2 Å². The molecule has 3 aliphatic heterocycles. The first kappa shape index (κ1) is 18.5. The number of para-hydroxylation sites is 1. The summed E-state index contributed by atoms with van der Waals surface area (Å²) < 4.78 is 6.33. The van der Waals surface area contributed by atoms with E-state index in [4.69, 9.17) is 4.74 Å². The van der Waals surface area contributed by atoms with Crippen molar-refractivity contribution in [3.05, 3.63) is 24.3 Å². The number of hydrogen-bond acceptors (Lipinski definition) is 4. The van der Waals surface area contributed by atoms with Crippen LogP contribution in [0.5, 0.6) is 0 Å². The molecule has 0 N–H and O–H groups in total. The number of nitrogens with zero attached hydrogens (tertiary/aromatic N) is 2. The van der Waals surface area contributed by atoms with E-state index in [0.717, 1.165) is 36.5 Å². The predicted molar refractivity (Wildman–Crippen MR) is 109 cm³/mol.